The Morgan fingerprint density at radius 1 is 1.32 bits per heavy atom. The van der Waals surface area contributed by atoms with Crippen LogP contribution >= 0.6 is 11.8 Å². The first-order valence-corrected chi connectivity index (χ1v) is 12.6. The molecule has 11 nitrogen and oxygen atoms in total. The lowest BCUT2D eigenvalue weighted by Gasteiger charge is -2.49. The van der Waals surface area contributed by atoms with Gasteiger partial charge in [-0.2, -0.15) is 0 Å². The van der Waals surface area contributed by atoms with E-state index in [1.807, 2.05) is 0 Å². The number of phenols is 1. The summed E-state index contributed by atoms with van der Waals surface area (Å²) in [5.41, 5.74) is 4.89. The third-order valence-corrected chi connectivity index (χ3v) is 9.02. The summed E-state index contributed by atoms with van der Waals surface area (Å²) in [6.45, 7) is 3.08. The van der Waals surface area contributed by atoms with Crippen LogP contribution in [-0.2, 0) is 29.9 Å². The zero-order valence-corrected chi connectivity index (χ0v) is 20.1. The molecule has 3 rings (SSSR count). The van der Waals surface area contributed by atoms with E-state index in [2.05, 4.69) is 10.1 Å². The van der Waals surface area contributed by atoms with Crippen LogP contribution in [0.5, 0.6) is 5.75 Å². The molecule has 0 spiro atoms. The number of ether oxygens (including phenoxy) is 1. The number of carboxylic acid groups (broad SMARTS) is 1. The van der Waals surface area contributed by atoms with Gasteiger partial charge in [0.15, 0.2) is 0 Å². The zero-order chi connectivity index (χ0) is 25.2. The van der Waals surface area contributed by atoms with Crippen LogP contribution in [0, 0.1) is 5.92 Å². The van der Waals surface area contributed by atoms with E-state index in [1.54, 1.807) is 13.8 Å². The summed E-state index contributed by atoms with van der Waals surface area (Å²) in [5, 5.41) is 20.5. The van der Waals surface area contributed by atoms with Gasteiger partial charge in [-0.1, -0.05) is 13.8 Å². The number of hydrogen-bond donors (Lipinski definition) is 4. The molecule has 2 aliphatic rings. The van der Waals surface area contributed by atoms with Gasteiger partial charge in [0.1, 0.15) is 29.5 Å². The Bertz CT molecular complexity index is 1060. The molecule has 5 N–H and O–H groups in total. The number of carboxylic acids is 1. The molecule has 13 heteroatoms. The number of rotatable bonds is 9. The van der Waals surface area contributed by atoms with Crippen molar-refractivity contribution in [1.82, 2.24) is 10.2 Å². The molecular weight excluding hydrogens is 486 g/mol. The van der Waals surface area contributed by atoms with Gasteiger partial charge in [0, 0.05) is 22.1 Å². The number of thioether (sulfide) groups is 1. The zero-order valence-electron chi connectivity index (χ0n) is 18.4. The molecule has 2 aliphatic heterocycles. The number of hydrogen-bond acceptors (Lipinski definition) is 8. The predicted molar refractivity (Wildman–Crippen MR) is 123 cm³/mol. The molecule has 5 atom stereocenters. The van der Waals surface area contributed by atoms with Crippen LogP contribution in [0.4, 0.5) is 4.79 Å². The summed E-state index contributed by atoms with van der Waals surface area (Å²) < 4.78 is 17.7. The molecule has 184 valence electrons. The average Bonchev–Trinajstić information content (AvgIpc) is 2.80. The number of nitrogens with two attached hydrogens (primary N) is 1. The molecule has 2 heterocycles. The Morgan fingerprint density at radius 3 is 2.53 bits per heavy atom. The van der Waals surface area contributed by atoms with Gasteiger partial charge in [0.05, 0.1) is 16.0 Å². The van der Waals surface area contributed by atoms with Crippen molar-refractivity contribution < 1.29 is 38.3 Å². The average molecular weight is 512 g/mol. The lowest BCUT2D eigenvalue weighted by Crippen LogP contribution is -2.71. The number of carbonyl (C=O) groups excluding carboxylic acids is 3. The normalized spacial score (nSPS) is 22.2. The van der Waals surface area contributed by atoms with Gasteiger partial charge >= 0.3 is 12.1 Å². The smallest absolute Gasteiger partial charge is 0.404 e. The van der Waals surface area contributed by atoms with Crippen molar-refractivity contribution in [3.63, 3.8) is 0 Å². The van der Waals surface area contributed by atoms with Crippen LogP contribution in [0.3, 0.4) is 0 Å². The Morgan fingerprint density at radius 2 is 1.97 bits per heavy atom. The fourth-order valence-electron chi connectivity index (χ4n) is 3.85. The summed E-state index contributed by atoms with van der Waals surface area (Å²) in [5.74, 6) is -2.91. The van der Waals surface area contributed by atoms with E-state index in [-0.39, 0.29) is 29.4 Å². The van der Waals surface area contributed by atoms with Gasteiger partial charge < -0.3 is 26.0 Å². The van der Waals surface area contributed by atoms with Crippen LogP contribution < -0.4 is 11.1 Å². The second-order valence-electron chi connectivity index (χ2n) is 7.79. The molecule has 1 saturated heterocycles. The van der Waals surface area contributed by atoms with Crippen molar-refractivity contribution in [3.8, 4) is 5.75 Å². The first kappa shape index (κ1) is 25.6. The maximum atomic E-state index is 13.0. The highest BCUT2D eigenvalue weighted by molar-refractivity contribution is 8.00. The van der Waals surface area contributed by atoms with Crippen LogP contribution in [-0.4, -0.2) is 72.2 Å². The molecule has 3 amide bonds. The Kier molecular flexibility index (Phi) is 7.87. The fraction of sp³-hybridized carbons (Fsp3) is 0.429. The number of nitrogens with one attached hydrogen (secondary N) is 1. The highest BCUT2D eigenvalue weighted by Crippen LogP contribution is 2.40. The van der Waals surface area contributed by atoms with E-state index in [4.69, 9.17) is 5.73 Å². The minimum absolute atomic E-state index is 0.0387. The second-order valence-corrected chi connectivity index (χ2v) is 10.6. The van der Waals surface area contributed by atoms with Gasteiger partial charge in [0.25, 0.3) is 5.91 Å². The molecule has 1 fully saturated rings. The number of carbonyl (C=O) groups is 4. The molecule has 4 unspecified atom stereocenters. The molecule has 0 aromatic heterocycles. The Labute approximate surface area is 202 Å². The minimum Gasteiger partial charge on any atom is -0.508 e. The first-order valence-electron chi connectivity index (χ1n) is 10.4. The summed E-state index contributed by atoms with van der Waals surface area (Å²) >= 11 is 1.23. The molecule has 0 radical (unpaired) electrons. The number of primary amides is 1. The number of aromatic hydroxyl groups is 1. The van der Waals surface area contributed by atoms with Crippen molar-refractivity contribution in [2.45, 2.75) is 41.8 Å². The van der Waals surface area contributed by atoms with Gasteiger partial charge in [-0.15, -0.1) is 11.8 Å². The summed E-state index contributed by atoms with van der Waals surface area (Å²) in [6.07, 6.45) is -0.631. The van der Waals surface area contributed by atoms with Gasteiger partial charge in [-0.25, -0.2) is 9.59 Å². The van der Waals surface area contributed by atoms with Crippen molar-refractivity contribution in [2.75, 3.05) is 12.4 Å². The van der Waals surface area contributed by atoms with Crippen molar-refractivity contribution in [2.24, 2.45) is 11.7 Å². The summed E-state index contributed by atoms with van der Waals surface area (Å²) in [7, 11) is -1.53. The fourth-order valence-corrected chi connectivity index (χ4v) is 6.73. The molecule has 0 bridgehead atoms. The summed E-state index contributed by atoms with van der Waals surface area (Å²) in [6, 6.07) is 4.97. The highest BCUT2D eigenvalue weighted by Gasteiger charge is 2.54. The maximum Gasteiger partial charge on any atom is 0.404 e. The standard InChI is InChI=1S/C21H25N3O8S2/c1-3-14(34(31)13-6-4-12(25)5-7-13)10(2)17(26)23-15-18(27)24-16(20(28)29)11(8-32-21(22)30)9-33-19(15)24/h4-7,10,14-15,19,25H,3,8-9H2,1-2H3,(H2,22,30)(H,23,26)(H,28,29)/t10?,14?,15?,19-,34?/m0/s1. The van der Waals surface area contributed by atoms with Gasteiger partial charge in [0.2, 0.25) is 5.91 Å². The molecule has 1 aromatic rings. The topological polar surface area (TPSA) is 176 Å². The molecule has 0 aliphatic carbocycles. The van der Waals surface area contributed by atoms with E-state index >= 15 is 0 Å². The lowest BCUT2D eigenvalue weighted by atomic mass is 10.00. The number of benzene rings is 1. The van der Waals surface area contributed by atoms with E-state index in [1.165, 1.54) is 36.0 Å². The highest BCUT2D eigenvalue weighted by atomic mass is 32.2. The van der Waals surface area contributed by atoms with Crippen molar-refractivity contribution in [1.29, 1.82) is 0 Å². The Balaban J connectivity index is 1.70. The van der Waals surface area contributed by atoms with E-state index < -0.39 is 57.3 Å². The van der Waals surface area contributed by atoms with Crippen molar-refractivity contribution >= 4 is 46.4 Å². The third kappa shape index (κ3) is 5.04. The van der Waals surface area contributed by atoms with Crippen LogP contribution in [0.2, 0.25) is 0 Å². The predicted octanol–water partition coefficient (Wildman–Crippen LogP) is 0.748. The van der Waals surface area contributed by atoms with Crippen LogP contribution in [0.1, 0.15) is 20.3 Å². The largest absolute Gasteiger partial charge is 0.508 e. The van der Waals surface area contributed by atoms with Crippen molar-refractivity contribution in [3.05, 3.63) is 35.5 Å². The van der Waals surface area contributed by atoms with Gasteiger partial charge in [-0.05, 0) is 30.7 Å². The first-order chi connectivity index (χ1) is 16.1. The molecule has 1 aromatic carbocycles. The quantitative estimate of drug-likeness (QED) is 0.348. The number of β-lactam (4-membered cyclic amide) rings is 1. The van der Waals surface area contributed by atoms with Gasteiger partial charge in [-0.3, -0.25) is 18.7 Å². The maximum absolute atomic E-state index is 13.0. The SMILES string of the molecule is CCC(C(C)C(=O)NC1C(=O)N2C(C(=O)O)=C(COC(N)=O)CS[C@@H]12)S(=O)c1ccc(O)cc1. The van der Waals surface area contributed by atoms with Crippen LogP contribution in [0.15, 0.2) is 40.4 Å². The molecular formula is C21H25N3O8S2. The number of amides is 3. The number of fused-ring (bicyclic) bond motifs is 1. The molecule has 34 heavy (non-hydrogen) atoms. The van der Waals surface area contributed by atoms with E-state index in [0.29, 0.717) is 11.3 Å². The van der Waals surface area contributed by atoms with E-state index in [9.17, 15) is 33.6 Å². The molecule has 0 saturated carbocycles. The summed E-state index contributed by atoms with van der Waals surface area (Å²) in [4.78, 5) is 49.9. The minimum atomic E-state index is -1.53. The monoisotopic (exact) mass is 511 g/mol. The lowest BCUT2D eigenvalue weighted by molar-refractivity contribution is -0.151. The number of phenolic OH excluding ortho intramolecular Hbond substituents is 1. The number of nitrogens with zero attached hydrogens (tertiary/aromatic N) is 1. The second kappa shape index (κ2) is 10.5. The van der Waals surface area contributed by atoms with E-state index in [0.717, 1.165) is 4.90 Å². The number of aliphatic carboxylic acids is 1. The van der Waals surface area contributed by atoms with Crippen LogP contribution in [0.25, 0.3) is 0 Å². The third-order valence-electron chi connectivity index (χ3n) is 5.65. The Hall–Kier alpha value is -3.06.